The minimum Gasteiger partial charge on any atom is -0.493 e. The second-order valence-corrected chi connectivity index (χ2v) is 9.81. The van der Waals surface area contributed by atoms with Crippen LogP contribution in [0.3, 0.4) is 0 Å². The quantitative estimate of drug-likeness (QED) is 0.113. The predicted octanol–water partition coefficient (Wildman–Crippen LogP) is 4.51. The van der Waals surface area contributed by atoms with E-state index in [1.54, 1.807) is 42.5 Å². The molecule has 0 aliphatic rings. The van der Waals surface area contributed by atoms with Crippen molar-refractivity contribution in [3.63, 3.8) is 0 Å². The molecule has 2 aromatic carbocycles. The van der Waals surface area contributed by atoms with E-state index in [0.717, 1.165) is 24.8 Å². The molecule has 0 fully saturated rings. The van der Waals surface area contributed by atoms with Crippen LogP contribution in [0.2, 0.25) is 0 Å². The van der Waals surface area contributed by atoms with E-state index in [0.29, 0.717) is 5.75 Å². The van der Waals surface area contributed by atoms with E-state index in [2.05, 4.69) is 33.2 Å². The van der Waals surface area contributed by atoms with Crippen LogP contribution in [0.15, 0.2) is 100 Å². The summed E-state index contributed by atoms with van der Waals surface area (Å²) < 4.78 is 39.9. The van der Waals surface area contributed by atoms with E-state index in [4.69, 9.17) is 26.8 Å². The van der Waals surface area contributed by atoms with Crippen molar-refractivity contribution in [1.29, 1.82) is 0 Å². The average molecular weight is 542 g/mol. The lowest BCUT2D eigenvalue weighted by Crippen LogP contribution is -2.25. The van der Waals surface area contributed by atoms with Crippen molar-refractivity contribution in [3.8, 4) is 11.5 Å². The normalized spacial score (nSPS) is 12.5. The molecule has 37 heavy (non-hydrogen) atoms. The first kappa shape index (κ1) is 27.7. The number of methoxy groups -OCH3 is 1. The molecule has 0 saturated carbocycles. The van der Waals surface area contributed by atoms with Crippen LogP contribution in [0.1, 0.15) is 31.2 Å². The Morgan fingerprint density at radius 2 is 1.73 bits per heavy atom. The van der Waals surface area contributed by atoms with Crippen LogP contribution >= 0.6 is 11.6 Å². The molecule has 3 aromatic rings. The lowest BCUT2D eigenvalue weighted by Gasteiger charge is -2.17. The summed E-state index contributed by atoms with van der Waals surface area (Å²) in [5.74, 6) is 0.472. The highest BCUT2D eigenvalue weighted by Crippen LogP contribution is 2.31. The van der Waals surface area contributed by atoms with E-state index in [1.165, 1.54) is 31.6 Å². The van der Waals surface area contributed by atoms with E-state index in [1.807, 2.05) is 0 Å². The lowest BCUT2D eigenvalue weighted by atomic mass is 10.1. The molecule has 3 N–H and O–H groups in total. The molecule has 11 heteroatoms. The second kappa shape index (κ2) is 12.9. The number of unbranched alkanes of at least 4 members (excludes halogenated alkanes) is 1. The van der Waals surface area contributed by atoms with Gasteiger partial charge in [-0.2, -0.15) is 0 Å². The van der Waals surface area contributed by atoms with Gasteiger partial charge >= 0.3 is 0 Å². The van der Waals surface area contributed by atoms with E-state index in [9.17, 15) is 8.42 Å². The van der Waals surface area contributed by atoms with Gasteiger partial charge in [0.05, 0.1) is 17.7 Å². The third-order valence-corrected chi connectivity index (χ3v) is 6.73. The van der Waals surface area contributed by atoms with E-state index >= 15 is 0 Å². The third-order valence-electron chi connectivity index (χ3n) is 5.07. The van der Waals surface area contributed by atoms with Crippen LogP contribution < -0.4 is 19.9 Å². The first-order valence-electron chi connectivity index (χ1n) is 11.4. The number of aryl methyl sites for hydroxylation is 1. The summed E-state index contributed by atoms with van der Waals surface area (Å²) in [5.41, 5.74) is 6.89. The predicted molar refractivity (Wildman–Crippen MR) is 144 cm³/mol. The molecule has 194 valence electrons. The Kier molecular flexibility index (Phi) is 9.64. The van der Waals surface area contributed by atoms with Crippen LogP contribution in [0.25, 0.3) is 0 Å². The summed E-state index contributed by atoms with van der Waals surface area (Å²) in [4.78, 5) is 12.2. The maximum Gasteiger partial charge on any atom is 0.261 e. The first-order chi connectivity index (χ1) is 17.7. The molecule has 3 rings (SSSR count). The van der Waals surface area contributed by atoms with E-state index < -0.39 is 10.0 Å². The summed E-state index contributed by atoms with van der Waals surface area (Å²) in [5, 5.41) is -0.279. The van der Waals surface area contributed by atoms with Gasteiger partial charge < -0.3 is 15.2 Å². The van der Waals surface area contributed by atoms with Crippen molar-refractivity contribution >= 4 is 27.5 Å². The van der Waals surface area contributed by atoms with Gasteiger partial charge in [0.15, 0.2) is 34.1 Å². The number of hydrogen-bond donors (Lipinski definition) is 2. The molecule has 0 bridgehead atoms. The number of aromatic nitrogens is 2. The Balaban J connectivity index is 1.96. The van der Waals surface area contributed by atoms with Crippen LogP contribution in [0.5, 0.6) is 11.5 Å². The zero-order valence-corrected chi connectivity index (χ0v) is 22.1. The molecular weight excluding hydrogens is 514 g/mol. The third kappa shape index (κ3) is 7.55. The molecule has 0 saturated heterocycles. The lowest BCUT2D eigenvalue weighted by molar-refractivity contribution is 0.362. The summed E-state index contributed by atoms with van der Waals surface area (Å²) >= 11 is 6.47. The molecule has 1 heterocycles. The number of para-hydroxylation sites is 2. The summed E-state index contributed by atoms with van der Waals surface area (Å²) in [6.45, 7) is 5.94. The maximum absolute atomic E-state index is 13.1. The second-order valence-electron chi connectivity index (χ2n) is 7.77. The molecule has 9 nitrogen and oxygen atoms in total. The Morgan fingerprint density at radius 3 is 2.35 bits per heavy atom. The largest absolute Gasteiger partial charge is 0.493 e. The van der Waals surface area contributed by atoms with Gasteiger partial charge in [-0.3, -0.25) is 4.72 Å². The fourth-order valence-corrected chi connectivity index (χ4v) is 4.44. The first-order valence-corrected chi connectivity index (χ1v) is 13.2. The molecule has 0 aliphatic heterocycles. The number of sulfonamides is 1. The fraction of sp³-hybridized carbons (Fsp3) is 0.192. The highest BCUT2D eigenvalue weighted by molar-refractivity contribution is 7.89. The van der Waals surface area contributed by atoms with Crippen molar-refractivity contribution in [2.45, 2.75) is 31.1 Å². The smallest absolute Gasteiger partial charge is 0.261 e. The van der Waals surface area contributed by atoms with Gasteiger partial charge in [-0.15, -0.1) is 0 Å². The van der Waals surface area contributed by atoms with Crippen LogP contribution in [-0.4, -0.2) is 31.3 Å². The molecule has 0 aliphatic carbocycles. The van der Waals surface area contributed by atoms with Gasteiger partial charge in [0.25, 0.3) is 10.0 Å². The van der Waals surface area contributed by atoms with Gasteiger partial charge in [0.2, 0.25) is 0 Å². The average Bonchev–Trinajstić information content (AvgIpc) is 2.91. The standard InChI is InChI=1S/C26H28ClN5O4S/c1-4-5-9-19-12-14-20(15-13-19)37(33,34)32-18(2)23(36-22-11-7-6-10-21(22)35-3)24(27)31-25(28)26-29-16-8-17-30-26/h6-8,10-17,32H,2,4-5,9H2,1,3H3,(H2,28,31)/b24-23+. The summed E-state index contributed by atoms with van der Waals surface area (Å²) in [7, 11) is -2.55. The van der Waals surface area contributed by atoms with Gasteiger partial charge in [-0.25, -0.2) is 23.4 Å². The molecule has 0 atom stereocenters. The number of benzene rings is 2. The molecule has 0 radical (unpaired) electrons. The molecule has 0 unspecified atom stereocenters. The molecule has 0 amide bonds. The number of nitrogens with two attached hydrogens (primary N) is 1. The summed E-state index contributed by atoms with van der Waals surface area (Å²) in [6.07, 6.45) is 5.93. The Labute approximate surface area is 221 Å². The topological polar surface area (TPSA) is 129 Å². The van der Waals surface area contributed by atoms with Crippen LogP contribution in [-0.2, 0) is 16.4 Å². The van der Waals surface area contributed by atoms with Crippen LogP contribution in [0, 0.1) is 0 Å². The zero-order valence-electron chi connectivity index (χ0n) is 20.5. The number of rotatable bonds is 12. The fourth-order valence-electron chi connectivity index (χ4n) is 3.16. The number of ether oxygens (including phenoxy) is 2. The number of hydrogen-bond acceptors (Lipinski definition) is 7. The van der Waals surface area contributed by atoms with E-state index in [-0.39, 0.29) is 38.9 Å². The SMILES string of the molecule is C=C(NS(=O)(=O)c1ccc(CCCC)cc1)/C(Oc1ccccc1OC)=C(Cl)\N=C(/N)c1ncccn1. The Morgan fingerprint density at radius 1 is 1.08 bits per heavy atom. The van der Waals surface area contributed by atoms with Crippen molar-refractivity contribution < 1.29 is 17.9 Å². The zero-order chi connectivity index (χ0) is 26.8. The van der Waals surface area contributed by atoms with Crippen molar-refractivity contribution in [2.75, 3.05) is 7.11 Å². The minimum absolute atomic E-state index is 0.0577. The minimum atomic E-state index is -4.02. The van der Waals surface area contributed by atoms with Crippen LogP contribution in [0.4, 0.5) is 0 Å². The number of halogens is 1. The van der Waals surface area contributed by atoms with Crippen molar-refractivity contribution in [3.05, 3.63) is 102 Å². The van der Waals surface area contributed by atoms with Crippen molar-refractivity contribution in [1.82, 2.24) is 14.7 Å². The number of amidine groups is 1. The number of aliphatic imine (C=N–C) groups is 1. The van der Waals surface area contributed by atoms with Gasteiger partial charge in [0, 0.05) is 12.4 Å². The van der Waals surface area contributed by atoms with Gasteiger partial charge in [-0.1, -0.05) is 55.8 Å². The monoisotopic (exact) mass is 541 g/mol. The summed E-state index contributed by atoms with van der Waals surface area (Å²) in [6, 6.07) is 15.0. The van der Waals surface area contributed by atoms with Gasteiger partial charge in [0.1, 0.15) is 0 Å². The highest BCUT2D eigenvalue weighted by Gasteiger charge is 2.22. The Hall–Kier alpha value is -3.89. The highest BCUT2D eigenvalue weighted by atomic mass is 35.5. The van der Waals surface area contributed by atoms with Crippen molar-refractivity contribution in [2.24, 2.45) is 10.7 Å². The molecular formula is C26H28ClN5O4S. The number of nitrogens with one attached hydrogen (secondary N) is 1. The Bertz CT molecular complexity index is 1390. The molecule has 1 aromatic heterocycles. The maximum atomic E-state index is 13.1. The molecule has 0 spiro atoms. The van der Waals surface area contributed by atoms with Gasteiger partial charge in [-0.05, 0) is 48.7 Å². The number of nitrogens with zero attached hydrogens (tertiary/aromatic N) is 3.